The second-order valence-electron chi connectivity index (χ2n) is 7.11. The van der Waals surface area contributed by atoms with Gasteiger partial charge >= 0.3 is 0 Å². The van der Waals surface area contributed by atoms with E-state index in [9.17, 15) is 9.90 Å². The summed E-state index contributed by atoms with van der Waals surface area (Å²) in [6.45, 7) is 2.53. The lowest BCUT2D eigenvalue weighted by Crippen LogP contribution is -2.48. The average molecular weight is 336 g/mol. The Labute approximate surface area is 148 Å². The van der Waals surface area contributed by atoms with Gasteiger partial charge in [0.15, 0.2) is 0 Å². The summed E-state index contributed by atoms with van der Waals surface area (Å²) in [4.78, 5) is 16.4. The van der Waals surface area contributed by atoms with Crippen LogP contribution in [0, 0.1) is 5.92 Å². The van der Waals surface area contributed by atoms with Crippen molar-refractivity contribution in [1.82, 2.24) is 4.90 Å². The number of likely N-dealkylation sites (tertiary alicyclic amines) is 1. The van der Waals surface area contributed by atoms with Crippen molar-refractivity contribution in [2.45, 2.75) is 25.4 Å². The molecule has 130 valence electrons. The molecule has 4 rings (SSSR count). The Bertz CT molecular complexity index is 790. The molecule has 1 saturated heterocycles. The van der Waals surface area contributed by atoms with Gasteiger partial charge in [0.1, 0.15) is 0 Å². The molecule has 2 aromatic rings. The number of aliphatic hydroxyl groups is 1. The molecule has 1 N–H and O–H groups in total. The van der Waals surface area contributed by atoms with Crippen LogP contribution in [0.15, 0.2) is 48.5 Å². The van der Waals surface area contributed by atoms with Crippen molar-refractivity contribution >= 4 is 11.6 Å². The lowest BCUT2D eigenvalue weighted by Gasteiger charge is -2.44. The SMILES string of the molecule is CC(=O)N1CC[C@@H]2[C@H]1c1cc(-c3ccccc3)ccc1N(C)[C@@H]2CO. The highest BCUT2D eigenvalue weighted by Gasteiger charge is 2.46. The van der Waals surface area contributed by atoms with Gasteiger partial charge in [-0.15, -0.1) is 0 Å². The van der Waals surface area contributed by atoms with Crippen LogP contribution in [0.4, 0.5) is 5.69 Å². The molecule has 3 atom stereocenters. The van der Waals surface area contributed by atoms with Gasteiger partial charge in [-0.2, -0.15) is 0 Å². The Morgan fingerprint density at radius 2 is 1.92 bits per heavy atom. The van der Waals surface area contributed by atoms with Crippen molar-refractivity contribution < 1.29 is 9.90 Å². The molecule has 0 aliphatic carbocycles. The topological polar surface area (TPSA) is 43.8 Å². The molecule has 4 nitrogen and oxygen atoms in total. The van der Waals surface area contributed by atoms with E-state index in [4.69, 9.17) is 0 Å². The fourth-order valence-electron chi connectivity index (χ4n) is 4.62. The van der Waals surface area contributed by atoms with E-state index in [1.807, 2.05) is 23.1 Å². The van der Waals surface area contributed by atoms with Crippen LogP contribution in [0.2, 0.25) is 0 Å². The number of aliphatic hydroxyl groups excluding tert-OH is 1. The van der Waals surface area contributed by atoms with E-state index in [0.29, 0.717) is 0 Å². The summed E-state index contributed by atoms with van der Waals surface area (Å²) >= 11 is 0. The van der Waals surface area contributed by atoms with E-state index in [0.717, 1.165) is 18.7 Å². The highest BCUT2D eigenvalue weighted by molar-refractivity contribution is 5.77. The number of benzene rings is 2. The number of fused-ring (bicyclic) bond motifs is 3. The molecule has 0 bridgehead atoms. The fourth-order valence-corrected chi connectivity index (χ4v) is 4.62. The van der Waals surface area contributed by atoms with Crippen molar-refractivity contribution in [2.75, 3.05) is 25.1 Å². The maximum Gasteiger partial charge on any atom is 0.219 e. The lowest BCUT2D eigenvalue weighted by molar-refractivity contribution is -0.130. The largest absolute Gasteiger partial charge is 0.394 e. The van der Waals surface area contributed by atoms with Gasteiger partial charge in [-0.05, 0) is 35.2 Å². The first-order chi connectivity index (χ1) is 12.1. The van der Waals surface area contributed by atoms with Gasteiger partial charge in [0.2, 0.25) is 5.91 Å². The Balaban J connectivity index is 1.85. The molecular weight excluding hydrogens is 312 g/mol. The molecule has 0 spiro atoms. The first-order valence-electron chi connectivity index (χ1n) is 8.92. The molecule has 0 aromatic heterocycles. The highest BCUT2D eigenvalue weighted by Crippen LogP contribution is 2.49. The number of carbonyl (C=O) groups is 1. The molecule has 25 heavy (non-hydrogen) atoms. The average Bonchev–Trinajstić information content (AvgIpc) is 3.08. The van der Waals surface area contributed by atoms with Crippen LogP contribution in [-0.2, 0) is 4.79 Å². The Morgan fingerprint density at radius 3 is 2.60 bits per heavy atom. The number of anilines is 1. The van der Waals surface area contributed by atoms with Crippen LogP contribution >= 0.6 is 0 Å². The van der Waals surface area contributed by atoms with E-state index in [1.165, 1.54) is 16.7 Å². The Hall–Kier alpha value is -2.33. The number of hydrogen-bond donors (Lipinski definition) is 1. The molecule has 2 aliphatic rings. The van der Waals surface area contributed by atoms with Gasteiger partial charge in [0.25, 0.3) is 0 Å². The summed E-state index contributed by atoms with van der Waals surface area (Å²) in [5.74, 6) is 0.391. The second kappa shape index (κ2) is 6.19. The molecule has 4 heteroatoms. The highest BCUT2D eigenvalue weighted by atomic mass is 16.3. The van der Waals surface area contributed by atoms with Gasteiger partial charge in [0, 0.05) is 32.1 Å². The molecule has 2 aromatic carbocycles. The number of likely N-dealkylation sites (N-methyl/N-ethyl adjacent to an activating group) is 1. The monoisotopic (exact) mass is 336 g/mol. The molecule has 0 saturated carbocycles. The summed E-state index contributed by atoms with van der Waals surface area (Å²) in [5.41, 5.74) is 4.67. The van der Waals surface area contributed by atoms with E-state index in [2.05, 4.69) is 42.3 Å². The number of rotatable bonds is 2. The zero-order valence-corrected chi connectivity index (χ0v) is 14.7. The van der Waals surface area contributed by atoms with Gasteiger partial charge in [-0.3, -0.25) is 4.79 Å². The van der Waals surface area contributed by atoms with Gasteiger partial charge in [-0.25, -0.2) is 0 Å². The summed E-state index contributed by atoms with van der Waals surface area (Å²) in [6.07, 6.45) is 0.939. The third kappa shape index (κ3) is 2.52. The molecule has 2 aliphatic heterocycles. The number of hydrogen-bond acceptors (Lipinski definition) is 3. The van der Waals surface area contributed by atoms with Crippen molar-refractivity contribution in [3.8, 4) is 11.1 Å². The number of carbonyl (C=O) groups excluding carboxylic acids is 1. The van der Waals surface area contributed by atoms with Crippen LogP contribution in [0.25, 0.3) is 11.1 Å². The third-order valence-electron chi connectivity index (χ3n) is 5.86. The van der Waals surface area contributed by atoms with Crippen LogP contribution in [0.5, 0.6) is 0 Å². The molecule has 2 heterocycles. The van der Waals surface area contributed by atoms with Crippen molar-refractivity contribution in [3.63, 3.8) is 0 Å². The summed E-state index contributed by atoms with van der Waals surface area (Å²) < 4.78 is 0. The molecular formula is C21H24N2O2. The first-order valence-corrected chi connectivity index (χ1v) is 8.92. The van der Waals surface area contributed by atoms with Gasteiger partial charge in [0.05, 0.1) is 18.7 Å². The quantitative estimate of drug-likeness (QED) is 0.917. The fraction of sp³-hybridized carbons (Fsp3) is 0.381. The number of nitrogens with zero attached hydrogens (tertiary/aromatic N) is 2. The minimum Gasteiger partial charge on any atom is -0.394 e. The first kappa shape index (κ1) is 16.2. The third-order valence-corrected chi connectivity index (χ3v) is 5.86. The van der Waals surface area contributed by atoms with Crippen molar-refractivity contribution in [2.24, 2.45) is 5.92 Å². The zero-order valence-electron chi connectivity index (χ0n) is 14.7. The lowest BCUT2D eigenvalue weighted by atomic mass is 9.81. The molecule has 1 amide bonds. The summed E-state index contributed by atoms with van der Waals surface area (Å²) in [7, 11) is 2.05. The van der Waals surface area contributed by atoms with Crippen LogP contribution < -0.4 is 4.90 Å². The van der Waals surface area contributed by atoms with E-state index in [1.54, 1.807) is 6.92 Å². The summed E-state index contributed by atoms with van der Waals surface area (Å²) in [5, 5.41) is 9.95. The smallest absolute Gasteiger partial charge is 0.219 e. The predicted octanol–water partition coefficient (Wildman–Crippen LogP) is 3.07. The van der Waals surface area contributed by atoms with E-state index in [-0.39, 0.29) is 30.5 Å². The minimum absolute atomic E-state index is 0.0597. The Kier molecular flexibility index (Phi) is 4.00. The predicted molar refractivity (Wildman–Crippen MR) is 99.4 cm³/mol. The van der Waals surface area contributed by atoms with Gasteiger partial charge < -0.3 is 14.9 Å². The zero-order chi connectivity index (χ0) is 17.6. The van der Waals surface area contributed by atoms with Crippen molar-refractivity contribution in [1.29, 1.82) is 0 Å². The van der Waals surface area contributed by atoms with Crippen LogP contribution in [-0.4, -0.2) is 42.2 Å². The molecule has 0 unspecified atom stereocenters. The summed E-state index contributed by atoms with van der Waals surface area (Å²) in [6, 6.07) is 16.9. The molecule has 1 fully saturated rings. The van der Waals surface area contributed by atoms with Crippen LogP contribution in [0.3, 0.4) is 0 Å². The van der Waals surface area contributed by atoms with Crippen molar-refractivity contribution in [3.05, 3.63) is 54.1 Å². The van der Waals surface area contributed by atoms with Gasteiger partial charge in [-0.1, -0.05) is 36.4 Å². The molecule has 0 radical (unpaired) electrons. The van der Waals surface area contributed by atoms with Crippen LogP contribution in [0.1, 0.15) is 24.9 Å². The second-order valence-corrected chi connectivity index (χ2v) is 7.11. The minimum atomic E-state index is 0.0597. The Morgan fingerprint density at radius 1 is 1.16 bits per heavy atom. The van der Waals surface area contributed by atoms with E-state index >= 15 is 0 Å². The normalized spacial score (nSPS) is 24.8. The standard InChI is InChI=1S/C21H24N2O2/c1-14(25)23-11-10-17-20(13-24)22(2)19-9-8-16(12-18(19)21(17)23)15-6-4-3-5-7-15/h3-9,12,17,20-21,24H,10-11,13H2,1-2H3/t17-,20+,21-/m0/s1. The maximum absolute atomic E-state index is 12.2. The maximum atomic E-state index is 12.2. The van der Waals surface area contributed by atoms with E-state index < -0.39 is 0 Å². The number of amides is 1.